The van der Waals surface area contributed by atoms with Crippen LogP contribution in [0, 0.1) is 0 Å². The lowest BCUT2D eigenvalue weighted by Gasteiger charge is -1.97. The van der Waals surface area contributed by atoms with Gasteiger partial charge in [0, 0.05) is 6.42 Å². The van der Waals surface area contributed by atoms with Crippen LogP contribution in [0.5, 0.6) is 0 Å². The number of aromatic nitrogens is 1. The minimum atomic E-state index is -0.784. The summed E-state index contributed by atoms with van der Waals surface area (Å²) in [6.45, 7) is 0. The molecule has 15 heavy (non-hydrogen) atoms. The number of carbonyl (C=O) groups is 1. The average Bonchev–Trinajstić information content (AvgIpc) is 2.53. The second-order valence-corrected chi connectivity index (χ2v) is 4.31. The van der Waals surface area contributed by atoms with E-state index in [2.05, 4.69) is 4.98 Å². The summed E-state index contributed by atoms with van der Waals surface area (Å²) < 4.78 is 1.03. The molecule has 0 saturated carbocycles. The first-order valence-corrected chi connectivity index (χ1v) is 5.33. The number of aryl methyl sites for hydroxylation is 1. The van der Waals surface area contributed by atoms with Crippen molar-refractivity contribution in [2.75, 3.05) is 5.73 Å². The van der Waals surface area contributed by atoms with Gasteiger partial charge in [-0.25, -0.2) is 4.98 Å². The van der Waals surface area contributed by atoms with Crippen LogP contribution in [-0.4, -0.2) is 16.1 Å². The lowest BCUT2D eigenvalue weighted by Crippen LogP contribution is -1.97. The number of thiazole rings is 1. The van der Waals surface area contributed by atoms with Crippen molar-refractivity contribution < 1.29 is 9.90 Å². The van der Waals surface area contributed by atoms with Gasteiger partial charge in [-0.15, -0.1) is 0 Å². The highest BCUT2D eigenvalue weighted by atomic mass is 32.1. The van der Waals surface area contributed by atoms with E-state index in [0.29, 0.717) is 11.6 Å². The third kappa shape index (κ3) is 2.24. The molecular formula is C10H10N2O2S. The van der Waals surface area contributed by atoms with Crippen LogP contribution in [0.15, 0.2) is 18.2 Å². The van der Waals surface area contributed by atoms with Gasteiger partial charge in [0.05, 0.1) is 10.2 Å². The van der Waals surface area contributed by atoms with Crippen molar-refractivity contribution in [2.24, 2.45) is 0 Å². The van der Waals surface area contributed by atoms with Gasteiger partial charge in [0.1, 0.15) is 0 Å². The second-order valence-electron chi connectivity index (χ2n) is 3.25. The first-order chi connectivity index (χ1) is 7.15. The van der Waals surface area contributed by atoms with Gasteiger partial charge >= 0.3 is 5.97 Å². The van der Waals surface area contributed by atoms with Gasteiger partial charge in [0.15, 0.2) is 5.13 Å². The van der Waals surface area contributed by atoms with Gasteiger partial charge < -0.3 is 10.8 Å². The van der Waals surface area contributed by atoms with E-state index in [9.17, 15) is 4.79 Å². The van der Waals surface area contributed by atoms with E-state index in [4.69, 9.17) is 10.8 Å². The molecule has 0 aliphatic heterocycles. The largest absolute Gasteiger partial charge is 0.481 e. The van der Waals surface area contributed by atoms with Crippen LogP contribution in [0.2, 0.25) is 0 Å². The number of carboxylic acid groups (broad SMARTS) is 1. The number of hydrogen-bond acceptors (Lipinski definition) is 4. The van der Waals surface area contributed by atoms with Crippen molar-refractivity contribution in [3.63, 3.8) is 0 Å². The number of rotatable bonds is 3. The lowest BCUT2D eigenvalue weighted by molar-refractivity contribution is -0.136. The topological polar surface area (TPSA) is 76.2 Å². The predicted octanol–water partition coefficient (Wildman–Crippen LogP) is 1.90. The summed E-state index contributed by atoms with van der Waals surface area (Å²) in [6.07, 6.45) is 0.674. The third-order valence-corrected chi connectivity index (χ3v) is 2.96. The molecule has 5 heteroatoms. The van der Waals surface area contributed by atoms with Gasteiger partial charge in [-0.2, -0.15) is 0 Å². The minimum absolute atomic E-state index is 0.144. The summed E-state index contributed by atoms with van der Waals surface area (Å²) in [5, 5.41) is 9.10. The molecule has 1 heterocycles. The zero-order valence-corrected chi connectivity index (χ0v) is 8.75. The van der Waals surface area contributed by atoms with Crippen LogP contribution in [0.3, 0.4) is 0 Å². The summed E-state index contributed by atoms with van der Waals surface area (Å²) in [5.41, 5.74) is 7.41. The molecule has 0 unspecified atom stereocenters. The van der Waals surface area contributed by atoms with E-state index < -0.39 is 5.97 Å². The van der Waals surface area contributed by atoms with E-state index in [1.165, 1.54) is 11.3 Å². The van der Waals surface area contributed by atoms with Crippen LogP contribution < -0.4 is 5.73 Å². The van der Waals surface area contributed by atoms with E-state index >= 15 is 0 Å². The standard InChI is InChI=1S/C10H10N2O2S/c11-10-12-7-5-6(2-4-9(13)14)1-3-8(7)15-10/h1,3,5H,2,4H2,(H2,11,12)(H,13,14). The summed E-state index contributed by atoms with van der Waals surface area (Å²) >= 11 is 1.44. The van der Waals surface area contributed by atoms with Crippen LogP contribution in [-0.2, 0) is 11.2 Å². The Morgan fingerprint density at radius 1 is 1.53 bits per heavy atom. The van der Waals surface area contributed by atoms with Gasteiger partial charge in [-0.05, 0) is 24.1 Å². The molecule has 2 aromatic rings. The molecule has 0 bridgehead atoms. The Morgan fingerprint density at radius 3 is 3.07 bits per heavy atom. The van der Waals surface area contributed by atoms with Crippen LogP contribution in [0.4, 0.5) is 5.13 Å². The Hall–Kier alpha value is -1.62. The summed E-state index contributed by atoms with van der Waals surface area (Å²) in [6, 6.07) is 5.74. The maximum atomic E-state index is 10.4. The van der Waals surface area contributed by atoms with Crippen molar-refractivity contribution in [2.45, 2.75) is 12.8 Å². The quantitative estimate of drug-likeness (QED) is 0.831. The van der Waals surface area contributed by atoms with E-state index in [0.717, 1.165) is 15.8 Å². The van der Waals surface area contributed by atoms with Crippen molar-refractivity contribution >= 4 is 32.7 Å². The maximum Gasteiger partial charge on any atom is 0.303 e. The first kappa shape index (κ1) is 9.92. The number of benzene rings is 1. The molecule has 4 nitrogen and oxygen atoms in total. The number of fused-ring (bicyclic) bond motifs is 1. The molecule has 3 N–H and O–H groups in total. The van der Waals surface area contributed by atoms with Gasteiger partial charge in [0.25, 0.3) is 0 Å². The van der Waals surface area contributed by atoms with Crippen molar-refractivity contribution in [1.82, 2.24) is 4.98 Å². The molecule has 0 amide bonds. The fraction of sp³-hybridized carbons (Fsp3) is 0.200. The fourth-order valence-electron chi connectivity index (χ4n) is 1.40. The molecule has 1 aromatic carbocycles. The number of nitrogens with zero attached hydrogens (tertiary/aromatic N) is 1. The Bertz CT molecular complexity index is 507. The smallest absolute Gasteiger partial charge is 0.303 e. The Morgan fingerprint density at radius 2 is 2.33 bits per heavy atom. The molecular weight excluding hydrogens is 212 g/mol. The molecule has 0 atom stereocenters. The summed E-state index contributed by atoms with van der Waals surface area (Å²) in [4.78, 5) is 14.6. The SMILES string of the molecule is Nc1nc2cc(CCC(=O)O)ccc2s1. The van der Waals surface area contributed by atoms with E-state index in [1.807, 2.05) is 18.2 Å². The molecule has 0 fully saturated rings. The number of nitrogen functional groups attached to an aromatic ring is 1. The fourth-order valence-corrected chi connectivity index (χ4v) is 2.11. The van der Waals surface area contributed by atoms with Crippen molar-refractivity contribution in [1.29, 1.82) is 0 Å². The molecule has 0 spiro atoms. The number of nitrogens with two attached hydrogens (primary N) is 1. The molecule has 0 aliphatic rings. The molecule has 0 saturated heterocycles. The Labute approximate surface area is 90.4 Å². The number of hydrogen-bond donors (Lipinski definition) is 2. The second kappa shape index (κ2) is 3.86. The minimum Gasteiger partial charge on any atom is -0.481 e. The maximum absolute atomic E-state index is 10.4. The van der Waals surface area contributed by atoms with Crippen molar-refractivity contribution in [3.05, 3.63) is 23.8 Å². The first-order valence-electron chi connectivity index (χ1n) is 4.52. The third-order valence-electron chi connectivity index (χ3n) is 2.10. The zero-order chi connectivity index (χ0) is 10.8. The molecule has 78 valence electrons. The zero-order valence-electron chi connectivity index (χ0n) is 7.93. The van der Waals surface area contributed by atoms with Crippen molar-refractivity contribution in [3.8, 4) is 0 Å². The van der Waals surface area contributed by atoms with Crippen LogP contribution in [0.1, 0.15) is 12.0 Å². The van der Waals surface area contributed by atoms with Crippen LogP contribution in [0.25, 0.3) is 10.2 Å². The number of carboxylic acids is 1. The highest BCUT2D eigenvalue weighted by Crippen LogP contribution is 2.24. The predicted molar refractivity (Wildman–Crippen MR) is 60.0 cm³/mol. The van der Waals surface area contributed by atoms with E-state index in [-0.39, 0.29) is 6.42 Å². The summed E-state index contributed by atoms with van der Waals surface area (Å²) in [7, 11) is 0. The molecule has 0 radical (unpaired) electrons. The number of aliphatic carboxylic acids is 1. The normalized spacial score (nSPS) is 10.7. The van der Waals surface area contributed by atoms with Gasteiger partial charge in [-0.3, -0.25) is 4.79 Å². The van der Waals surface area contributed by atoms with Gasteiger partial charge in [-0.1, -0.05) is 17.4 Å². The summed E-state index contributed by atoms with van der Waals surface area (Å²) in [5.74, 6) is -0.784. The highest BCUT2D eigenvalue weighted by Gasteiger charge is 2.03. The Kier molecular flexibility index (Phi) is 2.55. The molecule has 2 rings (SSSR count). The van der Waals surface area contributed by atoms with Crippen LogP contribution >= 0.6 is 11.3 Å². The lowest BCUT2D eigenvalue weighted by atomic mass is 10.1. The monoisotopic (exact) mass is 222 g/mol. The van der Waals surface area contributed by atoms with Gasteiger partial charge in [0.2, 0.25) is 0 Å². The molecule has 0 aliphatic carbocycles. The Balaban J connectivity index is 2.26. The number of anilines is 1. The highest BCUT2D eigenvalue weighted by molar-refractivity contribution is 7.22. The molecule has 1 aromatic heterocycles. The van der Waals surface area contributed by atoms with E-state index in [1.54, 1.807) is 0 Å². The average molecular weight is 222 g/mol.